The first kappa shape index (κ1) is 11.8. The van der Waals surface area contributed by atoms with E-state index in [9.17, 15) is 9.18 Å². The Labute approximate surface area is 88.5 Å². The van der Waals surface area contributed by atoms with Gasteiger partial charge in [-0.05, 0) is 12.0 Å². The second-order valence-corrected chi connectivity index (χ2v) is 3.93. The van der Waals surface area contributed by atoms with Crippen molar-refractivity contribution in [2.24, 2.45) is 11.7 Å². The minimum atomic E-state index is -0.501. The fraction of sp³-hybridized carbons (Fsp3) is 0.455. The van der Waals surface area contributed by atoms with E-state index in [2.05, 4.69) is 4.98 Å². The van der Waals surface area contributed by atoms with Crippen molar-refractivity contribution in [2.75, 3.05) is 0 Å². The molecular formula is C11H15FN2O. The molecule has 0 aliphatic carbocycles. The number of carbonyl (C=O) groups excluding carboxylic acids is 1. The van der Waals surface area contributed by atoms with Gasteiger partial charge in [0.1, 0.15) is 5.82 Å². The molecule has 3 nitrogen and oxygen atoms in total. The van der Waals surface area contributed by atoms with Crippen molar-refractivity contribution in [1.29, 1.82) is 0 Å². The zero-order valence-electron chi connectivity index (χ0n) is 8.90. The van der Waals surface area contributed by atoms with Crippen molar-refractivity contribution < 1.29 is 9.18 Å². The number of Topliss-reactive ketones (excluding diaryl/α,β-unsaturated/α-hetero) is 1. The Hall–Kier alpha value is -1.29. The predicted octanol–water partition coefficient (Wildman–Crippen LogP) is 1.78. The van der Waals surface area contributed by atoms with Crippen LogP contribution in [0.2, 0.25) is 0 Å². The van der Waals surface area contributed by atoms with E-state index >= 15 is 0 Å². The van der Waals surface area contributed by atoms with Crippen LogP contribution in [0.3, 0.4) is 0 Å². The topological polar surface area (TPSA) is 56.0 Å². The molecule has 1 atom stereocenters. The lowest BCUT2D eigenvalue weighted by Crippen LogP contribution is -2.29. The summed E-state index contributed by atoms with van der Waals surface area (Å²) in [7, 11) is 0. The number of carbonyl (C=O) groups is 1. The number of ketones is 1. The van der Waals surface area contributed by atoms with Crippen LogP contribution in [0.5, 0.6) is 0 Å². The zero-order chi connectivity index (χ0) is 11.4. The van der Waals surface area contributed by atoms with Crippen LogP contribution in [0.25, 0.3) is 0 Å². The summed E-state index contributed by atoms with van der Waals surface area (Å²) in [5.41, 5.74) is 6.04. The van der Waals surface area contributed by atoms with Crippen molar-refractivity contribution in [3.63, 3.8) is 0 Å². The minimum absolute atomic E-state index is 0.164. The van der Waals surface area contributed by atoms with Gasteiger partial charge in [-0.3, -0.25) is 9.78 Å². The van der Waals surface area contributed by atoms with Crippen LogP contribution >= 0.6 is 0 Å². The summed E-state index contributed by atoms with van der Waals surface area (Å²) in [6.45, 7) is 3.89. The van der Waals surface area contributed by atoms with Gasteiger partial charge in [0, 0.05) is 24.2 Å². The minimum Gasteiger partial charge on any atom is -0.327 e. The monoisotopic (exact) mass is 210 g/mol. The van der Waals surface area contributed by atoms with Crippen molar-refractivity contribution in [3.05, 3.63) is 29.8 Å². The maximum Gasteiger partial charge on any atom is 0.166 e. The molecule has 0 spiro atoms. The summed E-state index contributed by atoms with van der Waals surface area (Å²) >= 11 is 0. The summed E-state index contributed by atoms with van der Waals surface area (Å²) in [5, 5.41) is 0. The molecule has 0 aliphatic rings. The molecule has 1 unspecified atom stereocenters. The van der Waals surface area contributed by atoms with Gasteiger partial charge in [-0.25, -0.2) is 4.39 Å². The molecule has 0 fully saturated rings. The number of rotatable bonds is 4. The maximum atomic E-state index is 12.8. The van der Waals surface area contributed by atoms with Gasteiger partial charge in [0.05, 0.1) is 6.20 Å². The van der Waals surface area contributed by atoms with Crippen LogP contribution in [0.15, 0.2) is 18.5 Å². The van der Waals surface area contributed by atoms with Crippen LogP contribution in [0.4, 0.5) is 4.39 Å². The van der Waals surface area contributed by atoms with Gasteiger partial charge in [0.2, 0.25) is 0 Å². The first-order valence-corrected chi connectivity index (χ1v) is 4.90. The Morgan fingerprint density at radius 1 is 1.53 bits per heavy atom. The van der Waals surface area contributed by atoms with E-state index in [-0.39, 0.29) is 29.7 Å². The van der Waals surface area contributed by atoms with Crippen LogP contribution in [0.1, 0.15) is 30.6 Å². The Kier molecular flexibility index (Phi) is 3.91. The Morgan fingerprint density at radius 2 is 2.20 bits per heavy atom. The number of pyridine rings is 1. The summed E-state index contributed by atoms with van der Waals surface area (Å²) in [4.78, 5) is 15.2. The van der Waals surface area contributed by atoms with Gasteiger partial charge in [0.15, 0.2) is 5.78 Å². The highest BCUT2D eigenvalue weighted by Crippen LogP contribution is 2.09. The molecule has 0 aromatic carbocycles. The summed E-state index contributed by atoms with van der Waals surface area (Å²) in [6, 6.07) is 0.989. The van der Waals surface area contributed by atoms with Crippen molar-refractivity contribution in [3.8, 4) is 0 Å². The lowest BCUT2D eigenvalue weighted by atomic mass is 9.97. The molecule has 1 aromatic rings. The Morgan fingerprint density at radius 3 is 2.73 bits per heavy atom. The number of halogens is 1. The lowest BCUT2D eigenvalue weighted by molar-refractivity contribution is 0.0967. The first-order valence-electron chi connectivity index (χ1n) is 4.90. The van der Waals surface area contributed by atoms with E-state index in [0.717, 1.165) is 6.20 Å². The zero-order valence-corrected chi connectivity index (χ0v) is 8.90. The molecule has 2 N–H and O–H groups in total. The SMILES string of the molecule is CC(C)C(N)CC(=O)c1cncc(F)c1. The highest BCUT2D eigenvalue weighted by molar-refractivity contribution is 5.96. The molecule has 0 radical (unpaired) electrons. The van der Waals surface area contributed by atoms with Crippen LogP contribution in [-0.2, 0) is 0 Å². The second kappa shape index (κ2) is 4.98. The van der Waals surface area contributed by atoms with E-state index < -0.39 is 5.82 Å². The quantitative estimate of drug-likeness (QED) is 0.770. The average Bonchev–Trinajstić information content (AvgIpc) is 2.17. The molecule has 1 rings (SSSR count). The first-order chi connectivity index (χ1) is 7.00. The molecule has 4 heteroatoms. The summed E-state index contributed by atoms with van der Waals surface area (Å²) in [6.07, 6.45) is 2.65. The van der Waals surface area contributed by atoms with Crippen molar-refractivity contribution in [2.45, 2.75) is 26.3 Å². The number of aromatic nitrogens is 1. The number of hydrogen-bond donors (Lipinski definition) is 1. The number of hydrogen-bond acceptors (Lipinski definition) is 3. The van der Waals surface area contributed by atoms with Crippen molar-refractivity contribution in [1.82, 2.24) is 4.98 Å². The molecule has 1 aromatic heterocycles. The van der Waals surface area contributed by atoms with Crippen LogP contribution in [-0.4, -0.2) is 16.8 Å². The molecular weight excluding hydrogens is 195 g/mol. The number of nitrogens with zero attached hydrogens (tertiary/aromatic N) is 1. The fourth-order valence-corrected chi connectivity index (χ4v) is 1.13. The van der Waals surface area contributed by atoms with E-state index in [4.69, 9.17) is 5.73 Å². The molecule has 0 bridgehead atoms. The molecule has 1 heterocycles. The molecule has 0 amide bonds. The maximum absolute atomic E-state index is 12.8. The molecule has 0 aliphatic heterocycles. The van der Waals surface area contributed by atoms with Crippen molar-refractivity contribution >= 4 is 5.78 Å². The molecule has 0 saturated carbocycles. The normalized spacial score (nSPS) is 12.9. The van der Waals surface area contributed by atoms with Gasteiger partial charge in [0.25, 0.3) is 0 Å². The summed E-state index contributed by atoms with van der Waals surface area (Å²) in [5.74, 6) is -0.433. The predicted molar refractivity (Wildman–Crippen MR) is 56.0 cm³/mol. The number of nitrogens with two attached hydrogens (primary N) is 1. The second-order valence-electron chi connectivity index (χ2n) is 3.93. The smallest absolute Gasteiger partial charge is 0.166 e. The molecule has 0 saturated heterocycles. The van der Waals surface area contributed by atoms with Gasteiger partial charge >= 0.3 is 0 Å². The van der Waals surface area contributed by atoms with Crippen LogP contribution in [0, 0.1) is 11.7 Å². The van der Waals surface area contributed by atoms with E-state index in [1.807, 2.05) is 13.8 Å². The fourth-order valence-electron chi connectivity index (χ4n) is 1.13. The van der Waals surface area contributed by atoms with Gasteiger partial charge in [-0.1, -0.05) is 13.8 Å². The van der Waals surface area contributed by atoms with E-state index in [0.29, 0.717) is 0 Å². The standard InChI is InChI=1S/C11H15FN2O/c1-7(2)10(13)4-11(15)8-3-9(12)6-14-5-8/h3,5-7,10H,4,13H2,1-2H3. The largest absolute Gasteiger partial charge is 0.327 e. The third-order valence-corrected chi connectivity index (χ3v) is 2.30. The lowest BCUT2D eigenvalue weighted by Gasteiger charge is -2.14. The highest BCUT2D eigenvalue weighted by atomic mass is 19.1. The average molecular weight is 210 g/mol. The third kappa shape index (κ3) is 3.40. The van der Waals surface area contributed by atoms with Gasteiger partial charge in [-0.2, -0.15) is 0 Å². The van der Waals surface area contributed by atoms with Crippen LogP contribution < -0.4 is 5.73 Å². The highest BCUT2D eigenvalue weighted by Gasteiger charge is 2.15. The van der Waals surface area contributed by atoms with Gasteiger partial charge < -0.3 is 5.73 Å². The Balaban J connectivity index is 2.69. The molecule has 15 heavy (non-hydrogen) atoms. The van der Waals surface area contributed by atoms with Gasteiger partial charge in [-0.15, -0.1) is 0 Å². The van der Waals surface area contributed by atoms with E-state index in [1.54, 1.807) is 0 Å². The van der Waals surface area contributed by atoms with E-state index in [1.165, 1.54) is 12.3 Å². The Bertz CT molecular complexity index is 352. The summed E-state index contributed by atoms with van der Waals surface area (Å²) < 4.78 is 12.8. The third-order valence-electron chi connectivity index (χ3n) is 2.30. The molecule has 82 valence electrons.